The summed E-state index contributed by atoms with van der Waals surface area (Å²) in [6.45, 7) is 4.10. The highest BCUT2D eigenvalue weighted by atomic mass is 32.1. The normalized spacial score (nSPS) is 11.0. The third-order valence-corrected chi connectivity index (χ3v) is 4.04. The number of rotatable bonds is 1. The zero-order valence-corrected chi connectivity index (χ0v) is 11.1. The minimum absolute atomic E-state index is 0.0700. The number of aryl methyl sites for hydroxylation is 2. The number of nitrogens with zero attached hydrogens (tertiary/aromatic N) is 1. The van der Waals surface area contributed by atoms with Crippen LogP contribution in [0.3, 0.4) is 0 Å². The summed E-state index contributed by atoms with van der Waals surface area (Å²) in [6, 6.07) is 13.9. The molecule has 0 aliphatic carbocycles. The third-order valence-electron chi connectivity index (χ3n) is 2.93. The van der Waals surface area contributed by atoms with E-state index >= 15 is 0 Å². The number of hydrogen-bond donors (Lipinski definition) is 0. The fourth-order valence-electron chi connectivity index (χ4n) is 2.21. The van der Waals surface area contributed by atoms with Crippen molar-refractivity contribution in [1.29, 1.82) is 0 Å². The minimum Gasteiger partial charge on any atom is -0.267 e. The van der Waals surface area contributed by atoms with Gasteiger partial charge in [0.05, 0.1) is 15.8 Å². The molecule has 3 aromatic rings. The van der Waals surface area contributed by atoms with E-state index in [0.29, 0.717) is 0 Å². The Morgan fingerprint density at radius 3 is 2.33 bits per heavy atom. The highest BCUT2D eigenvalue weighted by Gasteiger charge is 2.08. The summed E-state index contributed by atoms with van der Waals surface area (Å²) in [7, 11) is 0. The molecule has 0 fully saturated rings. The van der Waals surface area contributed by atoms with Crippen LogP contribution in [0, 0.1) is 13.8 Å². The van der Waals surface area contributed by atoms with Crippen LogP contribution >= 0.6 is 11.5 Å². The molecule has 18 heavy (non-hydrogen) atoms. The lowest BCUT2D eigenvalue weighted by molar-refractivity contribution is 1.13. The molecule has 3 rings (SSSR count). The zero-order valence-electron chi connectivity index (χ0n) is 10.3. The highest BCUT2D eigenvalue weighted by Crippen LogP contribution is 2.21. The number of hydrogen-bond acceptors (Lipinski definition) is 2. The average molecular weight is 255 g/mol. The Balaban J connectivity index is 2.31. The molecule has 2 aromatic carbocycles. The largest absolute Gasteiger partial charge is 0.273 e. The van der Waals surface area contributed by atoms with Crippen molar-refractivity contribution in [3.63, 3.8) is 0 Å². The van der Waals surface area contributed by atoms with Crippen molar-refractivity contribution in [2.24, 2.45) is 0 Å². The molecule has 1 aromatic heterocycles. The minimum atomic E-state index is 0.0700. The summed E-state index contributed by atoms with van der Waals surface area (Å²) < 4.78 is 2.80. The molecule has 0 unspecified atom stereocenters. The van der Waals surface area contributed by atoms with Crippen LogP contribution in [0.2, 0.25) is 0 Å². The molecule has 1 heterocycles. The number of fused-ring (bicyclic) bond motifs is 1. The molecule has 0 saturated carbocycles. The molecular weight excluding hydrogens is 242 g/mol. The van der Waals surface area contributed by atoms with E-state index < -0.39 is 0 Å². The fourth-order valence-corrected chi connectivity index (χ4v) is 3.19. The first-order valence-electron chi connectivity index (χ1n) is 5.85. The van der Waals surface area contributed by atoms with Crippen LogP contribution in [-0.4, -0.2) is 3.96 Å². The van der Waals surface area contributed by atoms with Crippen LogP contribution in [0.25, 0.3) is 15.8 Å². The Hall–Kier alpha value is -1.87. The quantitative estimate of drug-likeness (QED) is 0.650. The molecule has 2 nitrogen and oxygen atoms in total. The lowest BCUT2D eigenvalue weighted by Crippen LogP contribution is -2.10. The van der Waals surface area contributed by atoms with E-state index in [1.54, 1.807) is 3.96 Å². The van der Waals surface area contributed by atoms with Crippen molar-refractivity contribution in [1.82, 2.24) is 3.96 Å². The summed E-state index contributed by atoms with van der Waals surface area (Å²) in [4.78, 5) is 12.3. The standard InChI is InChI=1S/C15H13NOS/c1-10-7-11(2)9-12(8-10)16-15(17)13-5-3-4-6-14(13)18-16/h3-9H,1-2H3. The first kappa shape index (κ1) is 11.2. The van der Waals surface area contributed by atoms with Crippen LogP contribution in [0.5, 0.6) is 0 Å². The van der Waals surface area contributed by atoms with E-state index in [4.69, 9.17) is 0 Å². The first-order chi connectivity index (χ1) is 8.65. The van der Waals surface area contributed by atoms with Crippen LogP contribution in [0.15, 0.2) is 47.3 Å². The molecule has 0 saturated heterocycles. The Kier molecular flexibility index (Phi) is 2.56. The van der Waals surface area contributed by atoms with Gasteiger partial charge in [-0.05, 0) is 49.2 Å². The summed E-state index contributed by atoms with van der Waals surface area (Å²) in [6.07, 6.45) is 0. The fraction of sp³-hybridized carbons (Fsp3) is 0.133. The summed E-state index contributed by atoms with van der Waals surface area (Å²) >= 11 is 1.50. The van der Waals surface area contributed by atoms with Gasteiger partial charge in [-0.15, -0.1) is 0 Å². The highest BCUT2D eigenvalue weighted by molar-refractivity contribution is 7.14. The predicted molar refractivity (Wildman–Crippen MR) is 76.9 cm³/mol. The average Bonchev–Trinajstić information content (AvgIpc) is 2.66. The molecule has 3 heteroatoms. The monoisotopic (exact) mass is 255 g/mol. The molecule has 0 aliphatic rings. The van der Waals surface area contributed by atoms with Gasteiger partial charge in [0.25, 0.3) is 5.56 Å². The first-order valence-corrected chi connectivity index (χ1v) is 6.62. The number of benzene rings is 2. The van der Waals surface area contributed by atoms with Gasteiger partial charge in [-0.1, -0.05) is 29.7 Å². The molecule has 0 spiro atoms. The maximum absolute atomic E-state index is 12.3. The van der Waals surface area contributed by atoms with Gasteiger partial charge < -0.3 is 0 Å². The van der Waals surface area contributed by atoms with E-state index in [1.165, 1.54) is 22.7 Å². The molecule has 0 bridgehead atoms. The zero-order chi connectivity index (χ0) is 12.7. The Morgan fingerprint density at radius 2 is 1.67 bits per heavy atom. The Labute approximate surface area is 109 Å². The van der Waals surface area contributed by atoms with Crippen molar-refractivity contribution in [2.45, 2.75) is 13.8 Å². The second-order valence-corrected chi connectivity index (χ2v) is 5.52. The van der Waals surface area contributed by atoms with Crippen molar-refractivity contribution < 1.29 is 0 Å². The van der Waals surface area contributed by atoms with E-state index in [0.717, 1.165) is 15.8 Å². The maximum Gasteiger partial charge on any atom is 0.273 e. The van der Waals surface area contributed by atoms with Gasteiger partial charge in [-0.25, -0.2) is 3.96 Å². The van der Waals surface area contributed by atoms with E-state index in [2.05, 4.69) is 19.9 Å². The van der Waals surface area contributed by atoms with Gasteiger partial charge in [-0.2, -0.15) is 0 Å². The van der Waals surface area contributed by atoms with Crippen LogP contribution in [0.4, 0.5) is 0 Å². The summed E-state index contributed by atoms with van der Waals surface area (Å²) in [5.74, 6) is 0. The molecule has 0 aliphatic heterocycles. The Bertz CT molecular complexity index is 762. The molecule has 0 N–H and O–H groups in total. The lowest BCUT2D eigenvalue weighted by atomic mass is 10.1. The molecule has 0 amide bonds. The molecular formula is C15H13NOS. The van der Waals surface area contributed by atoms with Crippen molar-refractivity contribution in [2.75, 3.05) is 0 Å². The van der Waals surface area contributed by atoms with E-state index in [9.17, 15) is 4.79 Å². The van der Waals surface area contributed by atoms with Crippen LogP contribution < -0.4 is 5.56 Å². The van der Waals surface area contributed by atoms with Gasteiger partial charge in [0.15, 0.2) is 0 Å². The molecule has 0 radical (unpaired) electrons. The SMILES string of the molecule is Cc1cc(C)cc(-n2sc3ccccc3c2=O)c1. The van der Waals surface area contributed by atoms with Crippen LogP contribution in [0.1, 0.15) is 11.1 Å². The lowest BCUT2D eigenvalue weighted by Gasteiger charge is -2.03. The van der Waals surface area contributed by atoms with E-state index in [-0.39, 0.29) is 5.56 Å². The van der Waals surface area contributed by atoms with Crippen LogP contribution in [-0.2, 0) is 0 Å². The molecule has 0 atom stereocenters. The third kappa shape index (κ3) is 1.77. The number of aromatic nitrogens is 1. The summed E-state index contributed by atoms with van der Waals surface area (Å²) in [5, 5.41) is 0.793. The van der Waals surface area contributed by atoms with E-state index in [1.807, 2.05) is 36.4 Å². The predicted octanol–water partition coefficient (Wildman–Crippen LogP) is 3.67. The maximum atomic E-state index is 12.3. The second kappa shape index (κ2) is 4.10. The Morgan fingerprint density at radius 1 is 1.00 bits per heavy atom. The summed E-state index contributed by atoms with van der Waals surface area (Å²) in [5.41, 5.74) is 3.38. The molecule has 90 valence electrons. The second-order valence-electron chi connectivity index (χ2n) is 4.53. The topological polar surface area (TPSA) is 22.0 Å². The van der Waals surface area contributed by atoms with Gasteiger partial charge in [0.2, 0.25) is 0 Å². The van der Waals surface area contributed by atoms with Gasteiger partial charge in [0, 0.05) is 0 Å². The van der Waals surface area contributed by atoms with Gasteiger partial charge >= 0.3 is 0 Å². The van der Waals surface area contributed by atoms with Gasteiger partial charge in [-0.3, -0.25) is 4.79 Å². The van der Waals surface area contributed by atoms with Crippen molar-refractivity contribution in [3.8, 4) is 5.69 Å². The van der Waals surface area contributed by atoms with Gasteiger partial charge in [0.1, 0.15) is 0 Å². The van der Waals surface area contributed by atoms with Crippen molar-refractivity contribution in [3.05, 3.63) is 63.9 Å². The smallest absolute Gasteiger partial charge is 0.267 e. The van der Waals surface area contributed by atoms with Crippen molar-refractivity contribution >= 4 is 21.6 Å².